The molecule has 6 rings (SSSR count). The molecule has 5 aliphatic rings. The zero-order valence-electron chi connectivity index (χ0n) is 20.4. The monoisotopic (exact) mass is 437 g/mol. The van der Waals surface area contributed by atoms with E-state index in [0.29, 0.717) is 0 Å². The first-order valence-electron chi connectivity index (χ1n) is 12.3. The number of para-hydroxylation sites is 1. The molecule has 0 spiro atoms. The lowest BCUT2D eigenvalue weighted by Gasteiger charge is -2.52. The van der Waals surface area contributed by atoms with Crippen molar-refractivity contribution in [2.45, 2.75) is 90.5 Å². The average molecular weight is 438 g/mol. The first-order chi connectivity index (χ1) is 14.4. The van der Waals surface area contributed by atoms with E-state index in [2.05, 4.69) is 72.0 Å². The largest absolute Gasteiger partial charge is 0.543 e. The van der Waals surface area contributed by atoms with Crippen molar-refractivity contribution in [3.63, 3.8) is 0 Å². The highest BCUT2D eigenvalue weighted by molar-refractivity contribution is 6.74. The van der Waals surface area contributed by atoms with Crippen LogP contribution < -0.4 is 4.43 Å². The standard InChI is InChI=1S/C27H39NO2Si/c1-26(2,3)31(6,7)30-22-11-9-8-10-21(22)25-28-24(27(4,5)29-25)23-19-13-17-12-18(15-19)16-20(23)14-17/h8-11,17-20H,12-16H2,1-7H3. The highest BCUT2D eigenvalue weighted by Crippen LogP contribution is 2.58. The second-order valence-corrected chi connectivity index (χ2v) is 17.2. The van der Waals surface area contributed by atoms with E-state index in [0.717, 1.165) is 40.9 Å². The van der Waals surface area contributed by atoms with Gasteiger partial charge in [0.1, 0.15) is 11.4 Å². The SMILES string of the molecule is CC1(C)OC(c2ccccc2O[Si](C)(C)C(C)(C)C)=NC1=C1C2CC3CC(C2)CC1C3. The molecular formula is C27H39NO2Si. The summed E-state index contributed by atoms with van der Waals surface area (Å²) in [6.45, 7) is 15.8. The predicted molar refractivity (Wildman–Crippen MR) is 130 cm³/mol. The third kappa shape index (κ3) is 3.59. The lowest BCUT2D eigenvalue weighted by atomic mass is 9.53. The van der Waals surface area contributed by atoms with Crippen LogP contribution in [0.4, 0.5) is 0 Å². The zero-order valence-corrected chi connectivity index (χ0v) is 21.4. The topological polar surface area (TPSA) is 30.8 Å². The minimum Gasteiger partial charge on any atom is -0.543 e. The summed E-state index contributed by atoms with van der Waals surface area (Å²) < 4.78 is 13.3. The summed E-state index contributed by atoms with van der Waals surface area (Å²) in [5, 5.41) is 0.144. The first-order valence-corrected chi connectivity index (χ1v) is 15.2. The maximum Gasteiger partial charge on any atom is 0.250 e. The van der Waals surface area contributed by atoms with Crippen LogP contribution in [0.25, 0.3) is 0 Å². The second kappa shape index (κ2) is 6.97. The van der Waals surface area contributed by atoms with E-state index in [-0.39, 0.29) is 10.6 Å². The Morgan fingerprint density at radius 2 is 1.55 bits per heavy atom. The van der Waals surface area contributed by atoms with Crippen molar-refractivity contribution in [1.82, 2.24) is 0 Å². The Balaban J connectivity index is 1.53. The van der Waals surface area contributed by atoms with Crippen molar-refractivity contribution in [3.05, 3.63) is 41.1 Å². The van der Waals surface area contributed by atoms with Gasteiger partial charge in [0.25, 0.3) is 8.32 Å². The molecular weight excluding hydrogens is 398 g/mol. The van der Waals surface area contributed by atoms with Crippen molar-refractivity contribution in [2.75, 3.05) is 0 Å². The van der Waals surface area contributed by atoms with Gasteiger partial charge in [0, 0.05) is 0 Å². The summed E-state index contributed by atoms with van der Waals surface area (Å²) >= 11 is 0. The summed E-state index contributed by atoms with van der Waals surface area (Å²) in [5.41, 5.74) is 3.48. The Kier molecular flexibility index (Phi) is 4.79. The fourth-order valence-corrected chi connectivity index (χ4v) is 7.35. The minimum atomic E-state index is -1.96. The highest BCUT2D eigenvalue weighted by Gasteiger charge is 2.49. The molecule has 4 saturated carbocycles. The van der Waals surface area contributed by atoms with Crippen LogP contribution in [-0.2, 0) is 4.74 Å². The summed E-state index contributed by atoms with van der Waals surface area (Å²) in [4.78, 5) is 5.22. The molecule has 0 atom stereocenters. The second-order valence-electron chi connectivity index (χ2n) is 12.5. The molecule has 3 nitrogen and oxygen atoms in total. The average Bonchev–Trinajstić information content (AvgIpc) is 2.95. The molecule has 1 aromatic carbocycles. The van der Waals surface area contributed by atoms with E-state index in [4.69, 9.17) is 14.2 Å². The van der Waals surface area contributed by atoms with Crippen LogP contribution in [0, 0.1) is 23.7 Å². The summed E-state index contributed by atoms with van der Waals surface area (Å²) in [5.74, 6) is 5.04. The molecule has 0 saturated heterocycles. The highest BCUT2D eigenvalue weighted by atomic mass is 28.4. The summed E-state index contributed by atoms with van der Waals surface area (Å²) in [7, 11) is -1.96. The van der Waals surface area contributed by atoms with Gasteiger partial charge < -0.3 is 9.16 Å². The molecule has 4 aliphatic carbocycles. The van der Waals surface area contributed by atoms with Gasteiger partial charge in [0.15, 0.2) is 0 Å². The minimum absolute atomic E-state index is 0.144. The Hall–Kier alpha value is -1.55. The Bertz CT molecular complexity index is 920. The molecule has 0 N–H and O–H groups in total. The maximum atomic E-state index is 6.72. The molecule has 1 heterocycles. The van der Waals surface area contributed by atoms with Gasteiger partial charge in [-0.15, -0.1) is 0 Å². The molecule has 0 amide bonds. The van der Waals surface area contributed by atoms with Crippen LogP contribution in [-0.4, -0.2) is 19.8 Å². The lowest BCUT2D eigenvalue weighted by molar-refractivity contribution is 0.0629. The molecule has 0 unspecified atom stereocenters. The van der Waals surface area contributed by atoms with Crippen LogP contribution >= 0.6 is 0 Å². The smallest absolute Gasteiger partial charge is 0.250 e. The van der Waals surface area contributed by atoms with Crippen molar-refractivity contribution in [3.8, 4) is 5.75 Å². The molecule has 31 heavy (non-hydrogen) atoms. The van der Waals surface area contributed by atoms with Crippen molar-refractivity contribution in [2.24, 2.45) is 28.7 Å². The lowest BCUT2D eigenvalue weighted by Crippen LogP contribution is -2.44. The van der Waals surface area contributed by atoms with Crippen LogP contribution in [0.2, 0.25) is 18.1 Å². The van der Waals surface area contributed by atoms with E-state index < -0.39 is 8.32 Å². The van der Waals surface area contributed by atoms with E-state index in [9.17, 15) is 0 Å². The number of benzene rings is 1. The molecule has 0 aromatic heterocycles. The Labute approximate surface area is 189 Å². The molecule has 4 fully saturated rings. The molecule has 0 radical (unpaired) electrons. The van der Waals surface area contributed by atoms with Gasteiger partial charge in [-0.1, -0.05) is 32.9 Å². The zero-order chi connectivity index (χ0) is 22.2. The van der Waals surface area contributed by atoms with Gasteiger partial charge >= 0.3 is 0 Å². The van der Waals surface area contributed by atoms with Crippen molar-refractivity contribution in [1.29, 1.82) is 0 Å². The number of nitrogens with zero attached hydrogens (tertiary/aromatic N) is 1. The van der Waals surface area contributed by atoms with Gasteiger partial charge in [-0.3, -0.25) is 0 Å². The van der Waals surface area contributed by atoms with Gasteiger partial charge in [0.05, 0.1) is 11.3 Å². The molecule has 4 bridgehead atoms. The normalized spacial score (nSPS) is 31.6. The van der Waals surface area contributed by atoms with Crippen molar-refractivity contribution < 1.29 is 9.16 Å². The van der Waals surface area contributed by atoms with Crippen molar-refractivity contribution >= 4 is 14.2 Å². The van der Waals surface area contributed by atoms with Crippen LogP contribution in [0.3, 0.4) is 0 Å². The van der Waals surface area contributed by atoms with Gasteiger partial charge in [-0.25, -0.2) is 4.99 Å². The number of hydrogen-bond donors (Lipinski definition) is 0. The summed E-state index contributed by atoms with van der Waals surface area (Å²) in [6, 6.07) is 8.33. The third-order valence-corrected chi connectivity index (χ3v) is 13.1. The number of rotatable bonds is 3. The molecule has 168 valence electrons. The molecule has 1 aromatic rings. The van der Waals surface area contributed by atoms with Gasteiger partial charge in [-0.2, -0.15) is 0 Å². The van der Waals surface area contributed by atoms with Crippen LogP contribution in [0.5, 0.6) is 5.75 Å². The summed E-state index contributed by atoms with van der Waals surface area (Å²) in [6.07, 6.45) is 6.97. The van der Waals surface area contributed by atoms with Crippen LogP contribution in [0.15, 0.2) is 40.5 Å². The Morgan fingerprint density at radius 3 is 2.13 bits per heavy atom. The van der Waals surface area contributed by atoms with E-state index in [1.54, 1.807) is 5.57 Å². The quantitative estimate of drug-likeness (QED) is 0.463. The third-order valence-electron chi connectivity index (χ3n) is 8.72. The van der Waals surface area contributed by atoms with E-state index in [1.807, 2.05) is 0 Å². The number of ether oxygens (including phenoxy) is 1. The fraction of sp³-hybridized carbons (Fsp3) is 0.667. The van der Waals surface area contributed by atoms with E-state index in [1.165, 1.54) is 37.8 Å². The number of hydrogen-bond acceptors (Lipinski definition) is 3. The first kappa shape index (κ1) is 21.3. The van der Waals surface area contributed by atoms with Crippen LogP contribution in [0.1, 0.15) is 72.3 Å². The predicted octanol–water partition coefficient (Wildman–Crippen LogP) is 7.34. The Morgan fingerprint density at radius 1 is 0.968 bits per heavy atom. The van der Waals surface area contributed by atoms with Gasteiger partial charge in [0.2, 0.25) is 5.90 Å². The van der Waals surface area contributed by atoms with E-state index >= 15 is 0 Å². The molecule has 1 aliphatic heterocycles. The number of allylic oxidation sites excluding steroid dienone is 1. The molecule has 4 heteroatoms. The number of aliphatic imine (C=N–C) groups is 1. The van der Waals surface area contributed by atoms with Gasteiger partial charge in [-0.05, 0) is 105 Å². The fourth-order valence-electron chi connectivity index (χ4n) is 6.32. The maximum absolute atomic E-state index is 6.72.